The first-order chi connectivity index (χ1) is 22.4. The standard InChI is InChI=1S/C32H31F7N4O5/c1-15-16(2)42(3)29(45)26(40-15)20-7-6-17(19-5-4-10-48-27(19)20)11-23(30(46)47)41-28(44)25-21(33)12-18(13-22(25)34)43-9-8-31(35,36)14-24(43)32(37,38)39/h6-7,12-13,23-24H,4-5,8-11,14H2,1-3H3,(H,41,44)(H,46,47)/t23-,24?/m0/s1. The fourth-order valence-corrected chi connectivity index (χ4v) is 6.06. The number of aromatic nitrogens is 2. The van der Waals surface area contributed by atoms with E-state index in [0.29, 0.717) is 70.3 Å². The molecule has 9 nitrogen and oxygen atoms in total. The third-order valence-electron chi connectivity index (χ3n) is 8.82. The van der Waals surface area contributed by atoms with Crippen LogP contribution in [-0.2, 0) is 24.7 Å². The number of alkyl halides is 5. The number of fused-ring (bicyclic) bond motifs is 1. The van der Waals surface area contributed by atoms with Crippen molar-refractivity contribution in [1.29, 1.82) is 0 Å². The Bertz CT molecular complexity index is 1820. The molecule has 2 atom stereocenters. The van der Waals surface area contributed by atoms with Crippen molar-refractivity contribution in [3.8, 4) is 17.0 Å². The van der Waals surface area contributed by atoms with E-state index in [1.165, 1.54) is 4.57 Å². The Kier molecular flexibility index (Phi) is 9.23. The number of carboxylic acids is 1. The SMILES string of the molecule is Cc1nc(-c2ccc(C[C@H](NC(=O)c3c(F)cc(N4CCC(F)(F)CC4C(F)(F)F)cc3F)C(=O)O)c3c2OCCC3)c(=O)n(C)c1C. The van der Waals surface area contributed by atoms with E-state index >= 15 is 8.78 Å². The van der Waals surface area contributed by atoms with Gasteiger partial charge in [-0.05, 0) is 56.0 Å². The van der Waals surface area contributed by atoms with Crippen LogP contribution in [0.5, 0.6) is 5.75 Å². The summed E-state index contributed by atoms with van der Waals surface area (Å²) in [6.07, 6.45) is -7.12. The summed E-state index contributed by atoms with van der Waals surface area (Å²) in [5.74, 6) is -9.58. The number of anilines is 1. The summed E-state index contributed by atoms with van der Waals surface area (Å²) >= 11 is 0. The Labute approximate surface area is 269 Å². The van der Waals surface area contributed by atoms with Crippen molar-refractivity contribution >= 4 is 17.6 Å². The number of ether oxygens (including phenoxy) is 1. The summed E-state index contributed by atoms with van der Waals surface area (Å²) in [6.45, 7) is 2.94. The number of carboxylic acid groups (broad SMARTS) is 1. The highest BCUT2D eigenvalue weighted by Gasteiger charge is 2.52. The number of halogens is 7. The van der Waals surface area contributed by atoms with Crippen LogP contribution in [-0.4, -0.2) is 63.9 Å². The molecule has 3 aromatic rings. The fraction of sp³-hybridized carbons (Fsp3) is 0.438. The van der Waals surface area contributed by atoms with Crippen molar-refractivity contribution in [1.82, 2.24) is 14.9 Å². The zero-order valence-electron chi connectivity index (χ0n) is 26.0. The van der Waals surface area contributed by atoms with E-state index in [1.54, 1.807) is 33.0 Å². The van der Waals surface area contributed by atoms with Gasteiger partial charge in [0.2, 0.25) is 0 Å². The number of piperidine rings is 1. The van der Waals surface area contributed by atoms with E-state index in [2.05, 4.69) is 10.3 Å². The predicted molar refractivity (Wildman–Crippen MR) is 159 cm³/mol. The second-order valence-electron chi connectivity index (χ2n) is 11.9. The van der Waals surface area contributed by atoms with Gasteiger partial charge in [-0.2, -0.15) is 13.2 Å². The number of benzene rings is 2. The van der Waals surface area contributed by atoms with Crippen molar-refractivity contribution in [3.05, 3.63) is 74.3 Å². The van der Waals surface area contributed by atoms with Gasteiger partial charge in [0.05, 0.1) is 12.3 Å². The van der Waals surface area contributed by atoms with Crippen molar-refractivity contribution in [2.24, 2.45) is 7.05 Å². The monoisotopic (exact) mass is 684 g/mol. The van der Waals surface area contributed by atoms with Gasteiger partial charge in [0.1, 0.15) is 40.7 Å². The van der Waals surface area contributed by atoms with Crippen molar-refractivity contribution < 1.29 is 50.2 Å². The average molecular weight is 685 g/mol. The third-order valence-corrected chi connectivity index (χ3v) is 8.82. The van der Waals surface area contributed by atoms with E-state index in [9.17, 15) is 41.4 Å². The smallest absolute Gasteiger partial charge is 0.408 e. The van der Waals surface area contributed by atoms with Gasteiger partial charge in [-0.15, -0.1) is 0 Å². The van der Waals surface area contributed by atoms with Gasteiger partial charge >= 0.3 is 12.1 Å². The van der Waals surface area contributed by atoms with Crippen LogP contribution in [0, 0.1) is 25.5 Å². The molecule has 0 saturated carbocycles. The lowest BCUT2D eigenvalue weighted by atomic mass is 9.91. The Morgan fingerprint density at radius 1 is 1.17 bits per heavy atom. The van der Waals surface area contributed by atoms with E-state index in [1.807, 2.05) is 0 Å². The van der Waals surface area contributed by atoms with Crippen LogP contribution in [0.1, 0.15) is 52.1 Å². The van der Waals surface area contributed by atoms with Crippen LogP contribution < -0.4 is 20.5 Å². The topological polar surface area (TPSA) is 114 Å². The van der Waals surface area contributed by atoms with Crippen molar-refractivity contribution in [3.63, 3.8) is 0 Å². The van der Waals surface area contributed by atoms with E-state index in [0.717, 1.165) is 0 Å². The van der Waals surface area contributed by atoms with Gasteiger partial charge in [0, 0.05) is 49.8 Å². The fourth-order valence-electron chi connectivity index (χ4n) is 6.06. The lowest BCUT2D eigenvalue weighted by molar-refractivity contribution is -0.175. The second kappa shape index (κ2) is 12.8. The normalized spacial score (nSPS) is 18.1. The number of amides is 1. The predicted octanol–water partition coefficient (Wildman–Crippen LogP) is 5.26. The molecule has 1 aromatic heterocycles. The van der Waals surface area contributed by atoms with Crippen LogP contribution in [0.25, 0.3) is 11.3 Å². The molecule has 2 aliphatic rings. The first-order valence-electron chi connectivity index (χ1n) is 15.0. The van der Waals surface area contributed by atoms with Crippen LogP contribution in [0.3, 0.4) is 0 Å². The minimum atomic E-state index is -5.14. The quantitative estimate of drug-likeness (QED) is 0.327. The number of carbonyl (C=O) groups excluding carboxylic acids is 1. The summed E-state index contributed by atoms with van der Waals surface area (Å²) in [6, 6.07) is -0.510. The summed E-state index contributed by atoms with van der Waals surface area (Å²) < 4.78 is 106. The number of hydrogen-bond acceptors (Lipinski definition) is 6. The number of hydrogen-bond donors (Lipinski definition) is 2. The van der Waals surface area contributed by atoms with Gasteiger partial charge in [-0.25, -0.2) is 27.3 Å². The van der Waals surface area contributed by atoms with Crippen LogP contribution in [0.15, 0.2) is 29.1 Å². The van der Waals surface area contributed by atoms with E-state index < -0.39 is 78.3 Å². The zero-order valence-corrected chi connectivity index (χ0v) is 26.0. The molecule has 5 rings (SSSR count). The molecule has 2 N–H and O–H groups in total. The average Bonchev–Trinajstić information content (AvgIpc) is 3.00. The number of aliphatic carboxylic acids is 1. The van der Waals surface area contributed by atoms with Gasteiger partial charge in [-0.1, -0.05) is 6.07 Å². The minimum absolute atomic E-state index is 0.127. The maximum absolute atomic E-state index is 15.2. The number of nitrogens with zero attached hydrogens (tertiary/aromatic N) is 3. The lowest BCUT2D eigenvalue weighted by Crippen LogP contribution is -2.54. The summed E-state index contributed by atoms with van der Waals surface area (Å²) in [5, 5.41) is 12.0. The number of aryl methyl sites for hydroxylation is 1. The molecule has 0 spiro atoms. The molecule has 48 heavy (non-hydrogen) atoms. The Balaban J connectivity index is 1.42. The molecule has 1 amide bonds. The van der Waals surface area contributed by atoms with Crippen molar-refractivity contribution in [2.75, 3.05) is 18.1 Å². The molecule has 0 radical (unpaired) electrons. The van der Waals surface area contributed by atoms with Crippen LogP contribution in [0.2, 0.25) is 0 Å². The first kappa shape index (κ1) is 34.7. The highest BCUT2D eigenvalue weighted by Crippen LogP contribution is 2.42. The Morgan fingerprint density at radius 2 is 1.83 bits per heavy atom. The van der Waals surface area contributed by atoms with E-state index in [-0.39, 0.29) is 17.7 Å². The van der Waals surface area contributed by atoms with Gasteiger partial charge in [0.25, 0.3) is 17.4 Å². The molecule has 1 saturated heterocycles. The molecule has 1 fully saturated rings. The maximum atomic E-state index is 15.2. The van der Waals surface area contributed by atoms with Gasteiger partial charge < -0.3 is 24.6 Å². The summed E-state index contributed by atoms with van der Waals surface area (Å²) in [4.78, 5) is 43.2. The first-order valence-corrected chi connectivity index (χ1v) is 15.0. The molecule has 2 aliphatic heterocycles. The molecular formula is C32H31F7N4O5. The van der Waals surface area contributed by atoms with Crippen molar-refractivity contribution in [2.45, 2.75) is 70.1 Å². The minimum Gasteiger partial charge on any atom is -0.493 e. The molecule has 16 heteroatoms. The molecular weight excluding hydrogens is 653 g/mol. The molecule has 2 aromatic carbocycles. The second-order valence-corrected chi connectivity index (χ2v) is 11.9. The number of rotatable bonds is 7. The molecule has 0 bridgehead atoms. The van der Waals surface area contributed by atoms with Crippen LogP contribution >= 0.6 is 0 Å². The zero-order chi connectivity index (χ0) is 35.3. The number of nitrogens with one attached hydrogen (secondary N) is 1. The van der Waals surface area contributed by atoms with E-state index in [4.69, 9.17) is 4.74 Å². The molecule has 0 aliphatic carbocycles. The number of carbonyl (C=O) groups is 2. The van der Waals surface area contributed by atoms with Gasteiger partial charge in [0.15, 0.2) is 0 Å². The Hall–Kier alpha value is -4.63. The van der Waals surface area contributed by atoms with Crippen LogP contribution in [0.4, 0.5) is 36.4 Å². The maximum Gasteiger partial charge on any atom is 0.408 e. The molecule has 3 heterocycles. The molecule has 258 valence electrons. The van der Waals surface area contributed by atoms with Gasteiger partial charge in [-0.3, -0.25) is 9.59 Å². The summed E-state index contributed by atoms with van der Waals surface area (Å²) in [7, 11) is 1.60. The largest absolute Gasteiger partial charge is 0.493 e. The third kappa shape index (κ3) is 6.69. The lowest BCUT2D eigenvalue weighted by Gasteiger charge is -2.41. The molecule has 1 unspecified atom stereocenters. The highest BCUT2D eigenvalue weighted by molar-refractivity contribution is 5.97. The Morgan fingerprint density at radius 3 is 2.46 bits per heavy atom. The highest BCUT2D eigenvalue weighted by atomic mass is 19.4. The summed E-state index contributed by atoms with van der Waals surface area (Å²) in [5.41, 5.74) is 0.443.